The lowest BCUT2D eigenvalue weighted by Crippen LogP contribution is -2.30. The monoisotopic (exact) mass is 331 g/mol. The van der Waals surface area contributed by atoms with Gasteiger partial charge in [0.25, 0.3) is 5.91 Å². The summed E-state index contributed by atoms with van der Waals surface area (Å²) in [6.45, 7) is 9.58. The largest absolute Gasteiger partial charge is 0.481 e. The van der Waals surface area contributed by atoms with E-state index in [9.17, 15) is 4.79 Å². The number of carbonyl (C=O) groups excluding carboxylic acids is 1. The van der Waals surface area contributed by atoms with Gasteiger partial charge in [0.2, 0.25) is 0 Å². The van der Waals surface area contributed by atoms with Crippen molar-refractivity contribution in [1.29, 1.82) is 0 Å². The van der Waals surface area contributed by atoms with Crippen molar-refractivity contribution in [2.45, 2.75) is 40.7 Å². The molecule has 0 bridgehead atoms. The summed E-state index contributed by atoms with van der Waals surface area (Å²) in [6.07, 6.45) is -0.601. The summed E-state index contributed by atoms with van der Waals surface area (Å²) in [5, 5.41) is 3.62. The van der Waals surface area contributed by atoms with E-state index in [2.05, 4.69) is 11.4 Å². The third-order valence-corrected chi connectivity index (χ3v) is 4.18. The van der Waals surface area contributed by atoms with Gasteiger partial charge in [-0.3, -0.25) is 4.79 Å². The van der Waals surface area contributed by atoms with Gasteiger partial charge in [0.1, 0.15) is 5.75 Å². The molecule has 2 rings (SSSR count). The Labute approximate surface area is 142 Å². The van der Waals surface area contributed by atoms with Gasteiger partial charge < -0.3 is 10.1 Å². The molecule has 0 aromatic heterocycles. The molecular weight excluding hydrogens is 310 g/mol. The highest BCUT2D eigenvalue weighted by Gasteiger charge is 2.16. The Morgan fingerprint density at radius 3 is 2.04 bits per heavy atom. The van der Waals surface area contributed by atoms with Gasteiger partial charge in [0.05, 0.1) is 0 Å². The molecule has 23 heavy (non-hydrogen) atoms. The minimum atomic E-state index is -0.601. The lowest BCUT2D eigenvalue weighted by atomic mass is 10.1. The van der Waals surface area contributed by atoms with Crippen LogP contribution in [0.5, 0.6) is 5.75 Å². The molecule has 0 saturated heterocycles. The molecule has 2 aromatic rings. The number of anilines is 1. The molecule has 1 atom stereocenters. The second-order valence-electron chi connectivity index (χ2n) is 6.00. The van der Waals surface area contributed by atoms with E-state index in [1.54, 1.807) is 6.92 Å². The number of amides is 1. The van der Waals surface area contributed by atoms with Crippen molar-refractivity contribution < 1.29 is 9.53 Å². The van der Waals surface area contributed by atoms with Gasteiger partial charge in [0, 0.05) is 10.7 Å². The van der Waals surface area contributed by atoms with Gasteiger partial charge in [-0.2, -0.15) is 0 Å². The zero-order valence-electron chi connectivity index (χ0n) is 14.2. The van der Waals surface area contributed by atoms with Gasteiger partial charge in [-0.05, 0) is 81.1 Å². The molecule has 2 aromatic carbocycles. The summed E-state index contributed by atoms with van der Waals surface area (Å²) in [6, 6.07) is 9.63. The van der Waals surface area contributed by atoms with Crippen molar-refractivity contribution in [1.82, 2.24) is 0 Å². The first-order chi connectivity index (χ1) is 10.8. The fraction of sp³-hybridized carbons (Fsp3) is 0.316. The number of nitrogens with one attached hydrogen (secondary N) is 1. The van der Waals surface area contributed by atoms with Crippen LogP contribution < -0.4 is 10.1 Å². The highest BCUT2D eigenvalue weighted by molar-refractivity contribution is 6.32. The molecule has 0 aliphatic carbocycles. The Bertz CT molecular complexity index is 697. The lowest BCUT2D eigenvalue weighted by molar-refractivity contribution is -0.122. The molecule has 0 aliphatic rings. The van der Waals surface area contributed by atoms with Crippen LogP contribution in [0.15, 0.2) is 30.3 Å². The molecule has 0 spiro atoms. The Kier molecular flexibility index (Phi) is 5.32. The molecule has 1 amide bonds. The maximum absolute atomic E-state index is 12.3. The Morgan fingerprint density at radius 1 is 1.00 bits per heavy atom. The number of ether oxygens (including phenoxy) is 1. The average Bonchev–Trinajstić information content (AvgIpc) is 2.43. The maximum Gasteiger partial charge on any atom is 0.265 e. The second kappa shape index (κ2) is 7.05. The number of aryl methyl sites for hydroxylation is 4. The molecule has 0 fully saturated rings. The standard InChI is InChI=1S/C19H22ClNO2/c1-11-6-12(2)8-16(7-11)21-19(22)15(5)23-17-9-13(3)18(20)14(4)10-17/h6-10,15H,1-5H3,(H,21,22)/t15-/m0/s1. The SMILES string of the molecule is Cc1cc(C)cc(NC(=O)[C@H](C)Oc2cc(C)c(Cl)c(C)c2)c1. The molecule has 0 aliphatic heterocycles. The molecule has 1 N–H and O–H groups in total. The minimum Gasteiger partial charge on any atom is -0.481 e. The smallest absolute Gasteiger partial charge is 0.265 e. The summed E-state index contributed by atoms with van der Waals surface area (Å²) < 4.78 is 5.75. The Hall–Kier alpha value is -2.00. The Balaban J connectivity index is 2.08. The summed E-state index contributed by atoms with van der Waals surface area (Å²) in [7, 11) is 0. The molecule has 0 saturated carbocycles. The van der Waals surface area contributed by atoms with Gasteiger partial charge >= 0.3 is 0 Å². The quantitative estimate of drug-likeness (QED) is 0.858. The summed E-state index contributed by atoms with van der Waals surface area (Å²) in [5.41, 5.74) is 4.87. The van der Waals surface area contributed by atoms with Crippen LogP contribution in [0.1, 0.15) is 29.2 Å². The third kappa shape index (κ3) is 4.49. The fourth-order valence-electron chi connectivity index (χ4n) is 2.52. The van der Waals surface area contributed by atoms with Crippen molar-refractivity contribution in [2.24, 2.45) is 0 Å². The number of benzene rings is 2. The van der Waals surface area contributed by atoms with E-state index in [0.717, 1.165) is 33.0 Å². The first-order valence-electron chi connectivity index (χ1n) is 7.59. The van der Waals surface area contributed by atoms with Crippen LogP contribution in [-0.2, 0) is 4.79 Å². The van der Waals surface area contributed by atoms with Crippen molar-refractivity contribution in [3.63, 3.8) is 0 Å². The minimum absolute atomic E-state index is 0.180. The topological polar surface area (TPSA) is 38.3 Å². The van der Waals surface area contributed by atoms with Crippen LogP contribution in [0.4, 0.5) is 5.69 Å². The zero-order chi connectivity index (χ0) is 17.1. The van der Waals surface area contributed by atoms with E-state index in [1.165, 1.54) is 0 Å². The van der Waals surface area contributed by atoms with E-state index < -0.39 is 6.10 Å². The van der Waals surface area contributed by atoms with Crippen LogP contribution in [0.2, 0.25) is 5.02 Å². The molecule has 0 unspecified atom stereocenters. The summed E-state index contributed by atoms with van der Waals surface area (Å²) >= 11 is 6.15. The first-order valence-corrected chi connectivity index (χ1v) is 7.96. The summed E-state index contributed by atoms with van der Waals surface area (Å²) in [5.74, 6) is 0.465. The average molecular weight is 332 g/mol. The van der Waals surface area contributed by atoms with Gasteiger partial charge in [-0.15, -0.1) is 0 Å². The molecule has 4 heteroatoms. The normalized spacial score (nSPS) is 11.9. The number of hydrogen-bond acceptors (Lipinski definition) is 2. The maximum atomic E-state index is 12.3. The highest BCUT2D eigenvalue weighted by Crippen LogP contribution is 2.26. The van der Waals surface area contributed by atoms with Crippen LogP contribution in [0.3, 0.4) is 0 Å². The predicted octanol–water partition coefficient (Wildman–Crippen LogP) is 4.98. The summed E-state index contributed by atoms with van der Waals surface area (Å²) in [4.78, 5) is 12.3. The second-order valence-corrected chi connectivity index (χ2v) is 6.37. The molecule has 3 nitrogen and oxygen atoms in total. The van der Waals surface area contributed by atoms with E-state index in [-0.39, 0.29) is 5.91 Å². The van der Waals surface area contributed by atoms with Crippen LogP contribution in [0, 0.1) is 27.7 Å². The Morgan fingerprint density at radius 2 is 1.52 bits per heavy atom. The lowest BCUT2D eigenvalue weighted by Gasteiger charge is -2.16. The van der Waals surface area contributed by atoms with Gasteiger partial charge in [0.15, 0.2) is 6.10 Å². The molecular formula is C19H22ClNO2. The van der Waals surface area contributed by atoms with Crippen molar-refractivity contribution >= 4 is 23.2 Å². The van der Waals surface area contributed by atoms with Crippen LogP contribution in [-0.4, -0.2) is 12.0 Å². The van der Waals surface area contributed by atoms with Crippen molar-refractivity contribution in [3.05, 3.63) is 57.6 Å². The van der Waals surface area contributed by atoms with Crippen LogP contribution in [0.25, 0.3) is 0 Å². The van der Waals surface area contributed by atoms with Gasteiger partial charge in [-0.25, -0.2) is 0 Å². The van der Waals surface area contributed by atoms with E-state index in [4.69, 9.17) is 16.3 Å². The van der Waals surface area contributed by atoms with E-state index in [0.29, 0.717) is 5.75 Å². The number of rotatable bonds is 4. The molecule has 0 heterocycles. The molecule has 122 valence electrons. The molecule has 0 radical (unpaired) electrons. The van der Waals surface area contributed by atoms with Gasteiger partial charge in [-0.1, -0.05) is 17.7 Å². The number of hydrogen-bond donors (Lipinski definition) is 1. The number of halogens is 1. The first kappa shape index (κ1) is 17.4. The van der Waals surface area contributed by atoms with Crippen molar-refractivity contribution in [3.8, 4) is 5.75 Å². The zero-order valence-corrected chi connectivity index (χ0v) is 14.9. The highest BCUT2D eigenvalue weighted by atomic mass is 35.5. The van der Waals surface area contributed by atoms with E-state index in [1.807, 2.05) is 52.0 Å². The predicted molar refractivity (Wildman–Crippen MR) is 95.6 cm³/mol. The fourth-order valence-corrected chi connectivity index (χ4v) is 2.63. The van der Waals surface area contributed by atoms with Crippen LogP contribution >= 0.6 is 11.6 Å². The number of carbonyl (C=O) groups is 1. The van der Waals surface area contributed by atoms with Crippen molar-refractivity contribution in [2.75, 3.05) is 5.32 Å². The van der Waals surface area contributed by atoms with E-state index >= 15 is 0 Å². The third-order valence-electron chi connectivity index (χ3n) is 3.58.